The van der Waals surface area contributed by atoms with Crippen molar-refractivity contribution in [3.63, 3.8) is 0 Å². The van der Waals surface area contributed by atoms with Crippen molar-refractivity contribution < 1.29 is 4.79 Å². The third-order valence-electron chi connectivity index (χ3n) is 4.27. The third-order valence-corrected chi connectivity index (χ3v) is 4.27. The summed E-state index contributed by atoms with van der Waals surface area (Å²) in [6, 6.07) is 13.7. The quantitative estimate of drug-likeness (QED) is 0.926. The van der Waals surface area contributed by atoms with Gasteiger partial charge in [0, 0.05) is 24.7 Å². The van der Waals surface area contributed by atoms with Gasteiger partial charge in [0.2, 0.25) is 0 Å². The monoisotopic (exact) mass is 296 g/mol. The van der Waals surface area contributed by atoms with Crippen molar-refractivity contribution in [3.8, 4) is 0 Å². The van der Waals surface area contributed by atoms with Gasteiger partial charge in [-0.15, -0.1) is 0 Å². The number of hydrogen-bond donors (Lipinski definition) is 1. The molecular formula is C18H20N2O2. The van der Waals surface area contributed by atoms with E-state index in [0.717, 1.165) is 25.1 Å². The number of carbonyl (C=O) groups is 1. The number of aryl methyl sites for hydroxylation is 1. The summed E-state index contributed by atoms with van der Waals surface area (Å²) in [7, 11) is 0. The van der Waals surface area contributed by atoms with Crippen LogP contribution in [-0.2, 0) is 0 Å². The summed E-state index contributed by atoms with van der Waals surface area (Å²) in [5.74, 6) is 0.185. The number of aromatic amines is 1. The number of benzene rings is 1. The van der Waals surface area contributed by atoms with Crippen LogP contribution in [0, 0.1) is 6.92 Å². The van der Waals surface area contributed by atoms with Gasteiger partial charge in [-0.3, -0.25) is 9.59 Å². The third kappa shape index (κ3) is 2.96. The molecular weight excluding hydrogens is 276 g/mol. The zero-order chi connectivity index (χ0) is 15.5. The van der Waals surface area contributed by atoms with Gasteiger partial charge in [-0.2, -0.15) is 0 Å². The summed E-state index contributed by atoms with van der Waals surface area (Å²) in [6.45, 7) is 3.20. The van der Waals surface area contributed by atoms with Gasteiger partial charge in [0.25, 0.3) is 11.5 Å². The number of amides is 1. The highest BCUT2D eigenvalue weighted by atomic mass is 16.2. The molecule has 4 heteroatoms. The van der Waals surface area contributed by atoms with Crippen molar-refractivity contribution >= 4 is 5.91 Å². The standard InChI is InChI=1S/C18H20N2O2/c1-13-9-10-16(17(21)19-13)18(22)20-11-5-8-15(12-20)14-6-3-2-4-7-14/h2-4,6-7,9-10,15H,5,8,11-12H2,1H3,(H,19,21)/t15-/m1/s1. The molecule has 1 aliphatic rings. The van der Waals surface area contributed by atoms with Gasteiger partial charge in [-0.1, -0.05) is 30.3 Å². The van der Waals surface area contributed by atoms with Crippen LogP contribution in [-0.4, -0.2) is 28.9 Å². The minimum Gasteiger partial charge on any atom is -0.338 e. The van der Waals surface area contributed by atoms with E-state index in [9.17, 15) is 9.59 Å². The Bertz CT molecular complexity index is 721. The van der Waals surface area contributed by atoms with Crippen LogP contribution in [0.4, 0.5) is 0 Å². The average molecular weight is 296 g/mol. The number of carbonyl (C=O) groups excluding carboxylic acids is 1. The van der Waals surface area contributed by atoms with Crippen molar-refractivity contribution in [1.82, 2.24) is 9.88 Å². The van der Waals surface area contributed by atoms with Gasteiger partial charge in [0.1, 0.15) is 5.56 Å². The number of rotatable bonds is 2. The summed E-state index contributed by atoms with van der Waals surface area (Å²) < 4.78 is 0. The molecule has 1 amide bonds. The normalized spacial score (nSPS) is 18.2. The van der Waals surface area contributed by atoms with Crippen LogP contribution in [0.5, 0.6) is 0 Å². The molecule has 0 spiro atoms. The van der Waals surface area contributed by atoms with Gasteiger partial charge in [-0.05, 0) is 37.5 Å². The average Bonchev–Trinajstić information content (AvgIpc) is 2.55. The zero-order valence-corrected chi connectivity index (χ0v) is 12.7. The molecule has 2 heterocycles. The first-order chi connectivity index (χ1) is 10.6. The van der Waals surface area contributed by atoms with Crippen LogP contribution in [0.2, 0.25) is 0 Å². The Morgan fingerprint density at radius 2 is 1.95 bits per heavy atom. The Kier molecular flexibility index (Phi) is 4.09. The van der Waals surface area contributed by atoms with E-state index >= 15 is 0 Å². The van der Waals surface area contributed by atoms with E-state index in [1.807, 2.05) is 25.1 Å². The van der Waals surface area contributed by atoms with Crippen molar-refractivity contribution in [1.29, 1.82) is 0 Å². The first-order valence-corrected chi connectivity index (χ1v) is 7.69. The van der Waals surface area contributed by atoms with Crippen molar-refractivity contribution in [2.75, 3.05) is 13.1 Å². The number of hydrogen-bond acceptors (Lipinski definition) is 2. The van der Waals surface area contributed by atoms with Crippen LogP contribution < -0.4 is 5.56 Å². The minimum atomic E-state index is -0.299. The van der Waals surface area contributed by atoms with Crippen LogP contribution in [0.25, 0.3) is 0 Å². The number of H-pyrrole nitrogens is 1. The summed E-state index contributed by atoms with van der Waals surface area (Å²) in [5, 5.41) is 0. The van der Waals surface area contributed by atoms with E-state index in [0.29, 0.717) is 12.5 Å². The Hall–Kier alpha value is -2.36. The van der Waals surface area contributed by atoms with Crippen molar-refractivity contribution in [2.45, 2.75) is 25.7 Å². The van der Waals surface area contributed by atoms with E-state index < -0.39 is 0 Å². The second-order valence-corrected chi connectivity index (χ2v) is 5.89. The van der Waals surface area contributed by atoms with Gasteiger partial charge >= 0.3 is 0 Å². The van der Waals surface area contributed by atoms with Crippen molar-refractivity contribution in [3.05, 3.63) is 69.6 Å². The fourth-order valence-corrected chi connectivity index (χ4v) is 3.07. The largest absolute Gasteiger partial charge is 0.338 e. The maximum absolute atomic E-state index is 12.6. The lowest BCUT2D eigenvalue weighted by Gasteiger charge is -2.33. The molecule has 1 fully saturated rings. The van der Waals surface area contributed by atoms with Gasteiger partial charge in [0.05, 0.1) is 0 Å². The first kappa shape index (κ1) is 14.6. The Morgan fingerprint density at radius 1 is 1.18 bits per heavy atom. The summed E-state index contributed by atoms with van der Waals surface area (Å²) in [5.41, 5.74) is 1.96. The molecule has 4 nitrogen and oxygen atoms in total. The molecule has 1 atom stereocenters. The van der Waals surface area contributed by atoms with Crippen LogP contribution in [0.3, 0.4) is 0 Å². The molecule has 0 aliphatic carbocycles. The van der Waals surface area contributed by atoms with E-state index in [1.54, 1.807) is 17.0 Å². The molecule has 1 aromatic heterocycles. The second-order valence-electron chi connectivity index (χ2n) is 5.89. The maximum atomic E-state index is 12.6. The molecule has 1 saturated heterocycles. The van der Waals surface area contributed by atoms with E-state index in [2.05, 4.69) is 17.1 Å². The maximum Gasteiger partial charge on any atom is 0.260 e. The minimum absolute atomic E-state index is 0.165. The zero-order valence-electron chi connectivity index (χ0n) is 12.7. The highest BCUT2D eigenvalue weighted by Gasteiger charge is 2.26. The first-order valence-electron chi connectivity index (χ1n) is 7.69. The predicted octanol–water partition coefficient (Wildman–Crippen LogP) is 2.70. The summed E-state index contributed by atoms with van der Waals surface area (Å²) >= 11 is 0. The van der Waals surface area contributed by atoms with Crippen LogP contribution >= 0.6 is 0 Å². The highest BCUT2D eigenvalue weighted by Crippen LogP contribution is 2.27. The fraction of sp³-hybridized carbons (Fsp3) is 0.333. The topological polar surface area (TPSA) is 53.2 Å². The van der Waals surface area contributed by atoms with E-state index in [-0.39, 0.29) is 17.0 Å². The molecule has 22 heavy (non-hydrogen) atoms. The molecule has 114 valence electrons. The number of aromatic nitrogens is 1. The van der Waals surface area contributed by atoms with Crippen molar-refractivity contribution in [2.24, 2.45) is 0 Å². The van der Waals surface area contributed by atoms with Crippen LogP contribution in [0.15, 0.2) is 47.3 Å². The second kappa shape index (κ2) is 6.18. The molecule has 0 radical (unpaired) electrons. The number of pyridine rings is 1. The SMILES string of the molecule is Cc1ccc(C(=O)N2CCC[C@@H](c3ccccc3)C2)c(=O)[nH]1. The Labute approximate surface area is 129 Å². The van der Waals surface area contributed by atoms with Gasteiger partial charge in [0.15, 0.2) is 0 Å². The number of piperidine rings is 1. The summed E-state index contributed by atoms with van der Waals surface area (Å²) in [6.07, 6.45) is 2.05. The van der Waals surface area contributed by atoms with Crippen LogP contribution in [0.1, 0.15) is 40.4 Å². The summed E-state index contributed by atoms with van der Waals surface area (Å²) in [4.78, 5) is 29.1. The molecule has 3 rings (SSSR count). The lowest BCUT2D eigenvalue weighted by Crippen LogP contribution is -2.41. The molecule has 0 bridgehead atoms. The number of likely N-dealkylation sites (tertiary alicyclic amines) is 1. The van der Waals surface area contributed by atoms with Gasteiger partial charge < -0.3 is 9.88 Å². The number of nitrogens with one attached hydrogen (secondary N) is 1. The molecule has 0 unspecified atom stereocenters. The highest BCUT2D eigenvalue weighted by molar-refractivity contribution is 5.94. The van der Waals surface area contributed by atoms with E-state index in [1.165, 1.54) is 5.56 Å². The molecule has 1 N–H and O–H groups in total. The fourth-order valence-electron chi connectivity index (χ4n) is 3.07. The molecule has 1 aromatic carbocycles. The molecule has 0 saturated carbocycles. The predicted molar refractivity (Wildman–Crippen MR) is 86.1 cm³/mol. The molecule has 2 aromatic rings. The van der Waals surface area contributed by atoms with E-state index in [4.69, 9.17) is 0 Å². The lowest BCUT2D eigenvalue weighted by molar-refractivity contribution is 0.0705. The number of nitrogens with zero attached hydrogens (tertiary/aromatic N) is 1. The Balaban J connectivity index is 1.80. The molecule has 1 aliphatic heterocycles. The Morgan fingerprint density at radius 3 is 2.68 bits per heavy atom. The smallest absolute Gasteiger partial charge is 0.260 e. The lowest BCUT2D eigenvalue weighted by atomic mass is 9.90. The van der Waals surface area contributed by atoms with Gasteiger partial charge in [-0.25, -0.2) is 0 Å².